The predicted octanol–water partition coefficient (Wildman–Crippen LogP) is 2.80. The predicted molar refractivity (Wildman–Crippen MR) is 85.9 cm³/mol. The number of nitrogens with one attached hydrogen (secondary N) is 1. The Labute approximate surface area is 128 Å². The molecule has 2 heterocycles. The van der Waals surface area contributed by atoms with E-state index in [-0.39, 0.29) is 5.91 Å². The van der Waals surface area contributed by atoms with Crippen LogP contribution in [-0.2, 0) is 11.2 Å². The molecule has 2 unspecified atom stereocenters. The van der Waals surface area contributed by atoms with Gasteiger partial charge in [-0.2, -0.15) is 0 Å². The van der Waals surface area contributed by atoms with Crippen molar-refractivity contribution in [1.29, 1.82) is 0 Å². The average molecular weight is 302 g/mol. The van der Waals surface area contributed by atoms with Crippen molar-refractivity contribution >= 4 is 28.6 Å². The number of fused-ring (bicyclic) bond motifs is 1. The van der Waals surface area contributed by atoms with Crippen LogP contribution < -0.4 is 10.2 Å². The highest BCUT2D eigenvalue weighted by atomic mass is 32.1. The molecule has 110 valence electrons. The van der Waals surface area contributed by atoms with E-state index in [1.54, 1.807) is 11.3 Å². The Morgan fingerprint density at radius 1 is 1.43 bits per heavy atom. The lowest BCUT2D eigenvalue weighted by molar-refractivity contribution is -0.123. The summed E-state index contributed by atoms with van der Waals surface area (Å²) in [6, 6.07) is 10.3. The largest absolute Gasteiger partial charge is 0.378 e. The second-order valence-corrected chi connectivity index (χ2v) is 6.44. The first-order valence-electron chi connectivity index (χ1n) is 6.94. The fraction of sp³-hybridized carbons (Fsp3) is 0.312. The second kappa shape index (κ2) is 5.50. The molecular formula is C16H18N2O2S. The van der Waals surface area contributed by atoms with E-state index in [1.165, 1.54) is 4.88 Å². The van der Waals surface area contributed by atoms with Gasteiger partial charge in [-0.15, -0.1) is 11.3 Å². The minimum absolute atomic E-state index is 0.351. The molecule has 2 aromatic rings. The number of amides is 1. The Bertz CT molecular complexity index is 654. The lowest BCUT2D eigenvalue weighted by Gasteiger charge is -2.27. The molecule has 1 aromatic heterocycles. The number of hydrogen-bond acceptors (Lipinski definition) is 4. The highest BCUT2D eigenvalue weighted by Gasteiger charge is 2.28. The fourth-order valence-corrected chi connectivity index (χ4v) is 3.39. The van der Waals surface area contributed by atoms with Crippen molar-refractivity contribution in [3.63, 3.8) is 0 Å². The summed E-state index contributed by atoms with van der Waals surface area (Å²) in [5.41, 5.74) is 2.40. The lowest BCUT2D eigenvalue weighted by atomic mass is 10.1. The molecule has 0 saturated heterocycles. The molecule has 0 bridgehead atoms. The summed E-state index contributed by atoms with van der Waals surface area (Å²) < 4.78 is 0. The maximum absolute atomic E-state index is 11.5. The maximum atomic E-state index is 11.5. The molecule has 0 radical (unpaired) electrons. The van der Waals surface area contributed by atoms with Crippen molar-refractivity contribution in [3.8, 4) is 0 Å². The highest BCUT2D eigenvalue weighted by molar-refractivity contribution is 7.09. The van der Waals surface area contributed by atoms with Gasteiger partial charge in [-0.25, -0.2) is 0 Å². The maximum Gasteiger partial charge on any atom is 0.257 e. The Balaban J connectivity index is 1.78. The molecule has 1 aliphatic heterocycles. The third-order valence-electron chi connectivity index (χ3n) is 3.98. The third kappa shape index (κ3) is 2.66. The van der Waals surface area contributed by atoms with Gasteiger partial charge in [-0.1, -0.05) is 12.1 Å². The number of nitrogens with zero attached hydrogens (tertiary/aromatic N) is 1. The summed E-state index contributed by atoms with van der Waals surface area (Å²) in [6.45, 7) is 2.18. The minimum atomic E-state index is -1.04. The summed E-state index contributed by atoms with van der Waals surface area (Å²) in [5.74, 6) is -0.351. The number of aliphatic hydroxyl groups is 1. The summed E-state index contributed by atoms with van der Waals surface area (Å²) in [7, 11) is 2.05. The zero-order chi connectivity index (χ0) is 15.0. The summed E-state index contributed by atoms with van der Waals surface area (Å²) in [5, 5.41) is 14.5. The first-order valence-corrected chi connectivity index (χ1v) is 7.82. The van der Waals surface area contributed by atoms with Crippen molar-refractivity contribution in [2.75, 3.05) is 17.3 Å². The van der Waals surface area contributed by atoms with Gasteiger partial charge >= 0.3 is 0 Å². The van der Waals surface area contributed by atoms with Gasteiger partial charge in [0.15, 0.2) is 6.10 Å². The van der Waals surface area contributed by atoms with Crippen LogP contribution in [0.15, 0.2) is 35.7 Å². The molecule has 0 fully saturated rings. The van der Waals surface area contributed by atoms with Crippen LogP contribution in [0, 0.1) is 0 Å². The van der Waals surface area contributed by atoms with E-state index in [4.69, 9.17) is 0 Å². The van der Waals surface area contributed by atoms with Crippen LogP contribution in [0.25, 0.3) is 0 Å². The van der Waals surface area contributed by atoms with Crippen molar-refractivity contribution < 1.29 is 9.90 Å². The van der Waals surface area contributed by atoms with Crippen LogP contribution >= 0.6 is 11.3 Å². The van der Waals surface area contributed by atoms with E-state index in [9.17, 15) is 9.90 Å². The Kier molecular flexibility index (Phi) is 3.69. The zero-order valence-electron chi connectivity index (χ0n) is 12.0. The van der Waals surface area contributed by atoms with Gasteiger partial charge in [0, 0.05) is 41.3 Å². The average Bonchev–Trinajstić information content (AvgIpc) is 3.07. The number of carbonyl (C=O) groups excluding carboxylic acids is 1. The number of carbonyl (C=O) groups is 1. The minimum Gasteiger partial charge on any atom is -0.378 e. The van der Waals surface area contributed by atoms with E-state index in [0.29, 0.717) is 17.3 Å². The van der Waals surface area contributed by atoms with E-state index < -0.39 is 6.10 Å². The molecule has 21 heavy (non-hydrogen) atoms. The summed E-state index contributed by atoms with van der Waals surface area (Å²) in [4.78, 5) is 15.0. The monoisotopic (exact) mass is 302 g/mol. The lowest BCUT2D eigenvalue weighted by Crippen LogP contribution is -2.30. The van der Waals surface area contributed by atoms with Crippen molar-refractivity contribution in [3.05, 3.63) is 46.2 Å². The van der Waals surface area contributed by atoms with Crippen LogP contribution in [0.1, 0.15) is 23.5 Å². The Hall–Kier alpha value is -1.85. The van der Waals surface area contributed by atoms with E-state index in [2.05, 4.69) is 34.7 Å². The zero-order valence-corrected chi connectivity index (χ0v) is 12.9. The number of rotatable bonds is 4. The standard InChI is InChI=1S/C16H18N2O2S/c1-10(8-12-4-3-7-21-12)18(2)11-5-6-13-14(9-11)17-16(20)15(13)19/h3-7,9-10,15,19H,8H2,1-2H3,(H,17,20). The smallest absolute Gasteiger partial charge is 0.257 e. The van der Waals surface area contributed by atoms with E-state index in [0.717, 1.165) is 12.1 Å². The number of likely N-dealkylation sites (N-methyl/N-ethyl adjacent to an activating group) is 1. The number of benzene rings is 1. The van der Waals surface area contributed by atoms with Gasteiger partial charge in [0.1, 0.15) is 0 Å². The van der Waals surface area contributed by atoms with Gasteiger partial charge in [0.25, 0.3) is 5.91 Å². The van der Waals surface area contributed by atoms with Gasteiger partial charge in [-0.3, -0.25) is 4.79 Å². The topological polar surface area (TPSA) is 52.6 Å². The molecule has 2 atom stereocenters. The molecule has 0 aliphatic carbocycles. The van der Waals surface area contributed by atoms with E-state index >= 15 is 0 Å². The van der Waals surface area contributed by atoms with Crippen LogP contribution in [0.4, 0.5) is 11.4 Å². The van der Waals surface area contributed by atoms with Gasteiger partial charge in [0.2, 0.25) is 0 Å². The van der Waals surface area contributed by atoms with Crippen LogP contribution in [0.3, 0.4) is 0 Å². The molecule has 0 saturated carbocycles. The second-order valence-electron chi connectivity index (χ2n) is 5.41. The number of hydrogen-bond donors (Lipinski definition) is 2. The summed E-state index contributed by atoms with van der Waals surface area (Å²) >= 11 is 1.77. The van der Waals surface area contributed by atoms with Crippen LogP contribution in [0.2, 0.25) is 0 Å². The van der Waals surface area contributed by atoms with E-state index in [1.807, 2.05) is 25.2 Å². The molecule has 5 heteroatoms. The molecular weight excluding hydrogens is 284 g/mol. The SMILES string of the molecule is CC(Cc1cccs1)N(C)c1ccc2c(c1)NC(=O)C2O. The molecule has 0 spiro atoms. The molecule has 1 amide bonds. The molecule has 1 aliphatic rings. The molecule has 3 rings (SSSR count). The molecule has 4 nitrogen and oxygen atoms in total. The van der Waals surface area contributed by atoms with Crippen molar-refractivity contribution in [2.45, 2.75) is 25.5 Å². The van der Waals surface area contributed by atoms with Crippen LogP contribution in [-0.4, -0.2) is 24.1 Å². The van der Waals surface area contributed by atoms with Crippen LogP contribution in [0.5, 0.6) is 0 Å². The molecule has 1 aromatic carbocycles. The Morgan fingerprint density at radius 3 is 2.95 bits per heavy atom. The Morgan fingerprint density at radius 2 is 2.24 bits per heavy atom. The molecule has 2 N–H and O–H groups in total. The number of aliphatic hydroxyl groups excluding tert-OH is 1. The number of anilines is 2. The quantitative estimate of drug-likeness (QED) is 0.913. The summed E-state index contributed by atoms with van der Waals surface area (Å²) in [6.07, 6.45) is -0.0526. The van der Waals surface area contributed by atoms with Crippen molar-refractivity contribution in [1.82, 2.24) is 0 Å². The highest BCUT2D eigenvalue weighted by Crippen LogP contribution is 2.34. The fourth-order valence-electron chi connectivity index (χ4n) is 2.56. The van der Waals surface area contributed by atoms with Gasteiger partial charge in [-0.05, 0) is 30.5 Å². The number of thiophene rings is 1. The first-order chi connectivity index (χ1) is 10.1. The van der Waals surface area contributed by atoms with Gasteiger partial charge < -0.3 is 15.3 Å². The van der Waals surface area contributed by atoms with Gasteiger partial charge in [0.05, 0.1) is 0 Å². The van der Waals surface area contributed by atoms with Crippen molar-refractivity contribution in [2.24, 2.45) is 0 Å². The third-order valence-corrected chi connectivity index (χ3v) is 4.88. The first kappa shape index (κ1) is 14.1. The normalized spacial score (nSPS) is 18.2.